The van der Waals surface area contributed by atoms with Crippen molar-refractivity contribution >= 4 is 17.5 Å². The number of hydrogen-bond acceptors (Lipinski definition) is 3. The quantitative estimate of drug-likeness (QED) is 0.909. The first kappa shape index (κ1) is 16.2. The van der Waals surface area contributed by atoms with E-state index in [4.69, 9.17) is 5.26 Å². The van der Waals surface area contributed by atoms with E-state index in [1.165, 1.54) is 30.3 Å². The van der Waals surface area contributed by atoms with Gasteiger partial charge in [-0.2, -0.15) is 5.26 Å². The maximum atomic E-state index is 13.6. The lowest BCUT2D eigenvalue weighted by Gasteiger charge is -2.10. The van der Waals surface area contributed by atoms with Gasteiger partial charge in [0, 0.05) is 5.56 Å². The molecule has 2 aromatic rings. The lowest BCUT2D eigenvalue weighted by molar-refractivity contribution is -0.115. The Kier molecular flexibility index (Phi) is 5.05. The molecule has 2 aromatic carbocycles. The highest BCUT2D eigenvalue weighted by molar-refractivity contribution is 5.99. The Bertz CT molecular complexity index is 759. The van der Waals surface area contributed by atoms with Gasteiger partial charge in [0.2, 0.25) is 5.91 Å². The van der Waals surface area contributed by atoms with Gasteiger partial charge >= 0.3 is 0 Å². The van der Waals surface area contributed by atoms with Crippen LogP contribution in [0, 0.1) is 24.1 Å². The van der Waals surface area contributed by atoms with Gasteiger partial charge in [0.05, 0.1) is 23.9 Å². The highest BCUT2D eigenvalue weighted by atomic mass is 19.1. The summed E-state index contributed by atoms with van der Waals surface area (Å²) in [6, 6.07) is 12.4. The second-order valence-corrected chi connectivity index (χ2v) is 4.85. The van der Waals surface area contributed by atoms with Gasteiger partial charge in [-0.1, -0.05) is 12.1 Å². The van der Waals surface area contributed by atoms with Crippen molar-refractivity contribution < 1.29 is 14.0 Å². The molecule has 0 heterocycles. The van der Waals surface area contributed by atoms with Gasteiger partial charge in [-0.15, -0.1) is 0 Å². The van der Waals surface area contributed by atoms with E-state index in [9.17, 15) is 14.0 Å². The standard InChI is InChI=1S/C17H14FN3O2/c1-11-3-2-4-14(18)16(11)21-15(22)10-20-17(23)13-7-5-12(9-19)6-8-13/h2-8H,10H2,1H3,(H,20,23)(H,21,22). The first-order chi connectivity index (χ1) is 11.0. The fourth-order valence-corrected chi connectivity index (χ4v) is 1.93. The summed E-state index contributed by atoms with van der Waals surface area (Å²) in [5, 5.41) is 13.6. The Hall–Kier alpha value is -3.20. The predicted molar refractivity (Wildman–Crippen MR) is 83.3 cm³/mol. The van der Waals surface area contributed by atoms with Gasteiger partial charge in [-0.3, -0.25) is 9.59 Å². The van der Waals surface area contributed by atoms with Crippen molar-refractivity contribution in [3.05, 3.63) is 65.0 Å². The Balaban J connectivity index is 1.93. The third-order valence-electron chi connectivity index (χ3n) is 3.17. The number of nitriles is 1. The van der Waals surface area contributed by atoms with Gasteiger partial charge in [0.25, 0.3) is 5.91 Å². The van der Waals surface area contributed by atoms with Crippen molar-refractivity contribution in [3.8, 4) is 6.07 Å². The second kappa shape index (κ2) is 7.18. The number of nitrogens with one attached hydrogen (secondary N) is 2. The fraction of sp³-hybridized carbons (Fsp3) is 0.118. The summed E-state index contributed by atoms with van der Waals surface area (Å²) in [5.41, 5.74) is 1.47. The molecule has 2 N–H and O–H groups in total. The monoisotopic (exact) mass is 311 g/mol. The number of anilines is 1. The Labute approximate surface area is 132 Å². The number of aryl methyl sites for hydroxylation is 1. The Morgan fingerprint density at radius 2 is 1.87 bits per heavy atom. The first-order valence-corrected chi connectivity index (χ1v) is 6.84. The highest BCUT2D eigenvalue weighted by Gasteiger charge is 2.11. The smallest absolute Gasteiger partial charge is 0.251 e. The van der Waals surface area contributed by atoms with Crippen LogP contribution < -0.4 is 10.6 Å². The average molecular weight is 311 g/mol. The first-order valence-electron chi connectivity index (χ1n) is 6.84. The number of nitrogens with zero attached hydrogens (tertiary/aromatic N) is 1. The molecule has 6 heteroatoms. The summed E-state index contributed by atoms with van der Waals surface area (Å²) in [4.78, 5) is 23.7. The molecule has 0 radical (unpaired) electrons. The number of carbonyl (C=O) groups excluding carboxylic acids is 2. The van der Waals surface area contributed by atoms with Crippen LogP contribution in [0.1, 0.15) is 21.5 Å². The molecule has 0 aliphatic heterocycles. The molecular formula is C17H14FN3O2. The summed E-state index contributed by atoms with van der Waals surface area (Å²) in [6.07, 6.45) is 0. The van der Waals surface area contributed by atoms with E-state index >= 15 is 0 Å². The Morgan fingerprint density at radius 3 is 2.48 bits per heavy atom. The van der Waals surface area contributed by atoms with Crippen LogP contribution in [0.3, 0.4) is 0 Å². The zero-order valence-corrected chi connectivity index (χ0v) is 12.4. The van der Waals surface area contributed by atoms with Crippen LogP contribution >= 0.6 is 0 Å². The predicted octanol–water partition coefficient (Wildman–Crippen LogP) is 2.37. The van der Waals surface area contributed by atoms with Crippen molar-refractivity contribution in [3.63, 3.8) is 0 Å². The van der Waals surface area contributed by atoms with Crippen LogP contribution in [-0.4, -0.2) is 18.4 Å². The molecule has 0 bridgehead atoms. The molecule has 0 aliphatic rings. The van der Waals surface area contributed by atoms with Crippen LogP contribution in [0.2, 0.25) is 0 Å². The average Bonchev–Trinajstić information content (AvgIpc) is 2.56. The number of rotatable bonds is 4. The molecular weight excluding hydrogens is 297 g/mol. The van der Waals surface area contributed by atoms with E-state index in [-0.39, 0.29) is 12.2 Å². The number of para-hydroxylation sites is 1. The maximum Gasteiger partial charge on any atom is 0.251 e. The summed E-state index contributed by atoms with van der Waals surface area (Å²) in [5.74, 6) is -1.51. The molecule has 0 saturated carbocycles. The highest BCUT2D eigenvalue weighted by Crippen LogP contribution is 2.18. The van der Waals surface area contributed by atoms with Crippen LogP contribution in [0.25, 0.3) is 0 Å². The normalized spacial score (nSPS) is 9.78. The largest absolute Gasteiger partial charge is 0.343 e. The number of amides is 2. The molecule has 116 valence electrons. The lowest BCUT2D eigenvalue weighted by atomic mass is 10.1. The number of carbonyl (C=O) groups is 2. The summed E-state index contributed by atoms with van der Waals surface area (Å²) in [6.45, 7) is 1.39. The summed E-state index contributed by atoms with van der Waals surface area (Å²) in [7, 11) is 0. The fourth-order valence-electron chi connectivity index (χ4n) is 1.93. The number of halogens is 1. The van der Waals surface area contributed by atoms with E-state index in [0.717, 1.165) is 0 Å². The number of benzene rings is 2. The third-order valence-corrected chi connectivity index (χ3v) is 3.17. The zero-order valence-electron chi connectivity index (χ0n) is 12.4. The van der Waals surface area contributed by atoms with Gasteiger partial charge in [-0.05, 0) is 42.8 Å². The molecule has 0 atom stereocenters. The minimum absolute atomic E-state index is 0.102. The van der Waals surface area contributed by atoms with Gasteiger partial charge in [0.15, 0.2) is 0 Å². The molecule has 0 aromatic heterocycles. The SMILES string of the molecule is Cc1cccc(F)c1NC(=O)CNC(=O)c1ccc(C#N)cc1. The van der Waals surface area contributed by atoms with Gasteiger partial charge in [-0.25, -0.2) is 4.39 Å². The van der Waals surface area contributed by atoms with Crippen molar-refractivity contribution in [1.29, 1.82) is 5.26 Å². The van der Waals surface area contributed by atoms with Crippen molar-refractivity contribution in [2.45, 2.75) is 6.92 Å². The molecule has 0 fully saturated rings. The van der Waals surface area contributed by atoms with Gasteiger partial charge < -0.3 is 10.6 Å². The number of hydrogen-bond donors (Lipinski definition) is 2. The van der Waals surface area contributed by atoms with Crippen LogP contribution in [0.15, 0.2) is 42.5 Å². The zero-order chi connectivity index (χ0) is 16.8. The van der Waals surface area contributed by atoms with Crippen LogP contribution in [-0.2, 0) is 4.79 Å². The molecule has 0 spiro atoms. The van der Waals surface area contributed by atoms with Crippen LogP contribution in [0.4, 0.5) is 10.1 Å². The third kappa shape index (κ3) is 4.14. The van der Waals surface area contributed by atoms with E-state index in [0.29, 0.717) is 16.7 Å². The van der Waals surface area contributed by atoms with Gasteiger partial charge in [0.1, 0.15) is 5.82 Å². The van der Waals surface area contributed by atoms with E-state index in [1.807, 2.05) is 6.07 Å². The summed E-state index contributed by atoms with van der Waals surface area (Å²) >= 11 is 0. The van der Waals surface area contributed by atoms with Crippen molar-refractivity contribution in [2.24, 2.45) is 0 Å². The lowest BCUT2D eigenvalue weighted by Crippen LogP contribution is -2.33. The second-order valence-electron chi connectivity index (χ2n) is 4.85. The molecule has 2 amide bonds. The van der Waals surface area contributed by atoms with Crippen LogP contribution in [0.5, 0.6) is 0 Å². The van der Waals surface area contributed by atoms with E-state index in [1.54, 1.807) is 19.1 Å². The molecule has 23 heavy (non-hydrogen) atoms. The van der Waals surface area contributed by atoms with E-state index in [2.05, 4.69) is 10.6 Å². The molecule has 5 nitrogen and oxygen atoms in total. The molecule has 2 rings (SSSR count). The molecule has 0 aliphatic carbocycles. The maximum absolute atomic E-state index is 13.6. The minimum Gasteiger partial charge on any atom is -0.343 e. The van der Waals surface area contributed by atoms with E-state index < -0.39 is 17.6 Å². The Morgan fingerprint density at radius 1 is 1.17 bits per heavy atom. The molecule has 0 unspecified atom stereocenters. The van der Waals surface area contributed by atoms with Crippen molar-refractivity contribution in [2.75, 3.05) is 11.9 Å². The van der Waals surface area contributed by atoms with Crippen molar-refractivity contribution in [1.82, 2.24) is 5.32 Å². The topological polar surface area (TPSA) is 82.0 Å². The summed E-state index contributed by atoms with van der Waals surface area (Å²) < 4.78 is 13.6. The molecule has 0 saturated heterocycles. The minimum atomic E-state index is -0.531.